The molecule has 3 aromatic heterocycles. The third-order valence-corrected chi connectivity index (χ3v) is 5.32. The number of nitrogens with one attached hydrogen (secondary N) is 1. The Morgan fingerprint density at radius 2 is 2.18 bits per heavy atom. The van der Waals surface area contributed by atoms with Crippen molar-refractivity contribution in [3.63, 3.8) is 0 Å². The number of carbonyl (C=O) groups excluding carboxylic acids is 1. The molecule has 0 aliphatic carbocycles. The number of amides is 1. The van der Waals surface area contributed by atoms with Crippen molar-refractivity contribution in [2.45, 2.75) is 18.6 Å². The lowest BCUT2D eigenvalue weighted by molar-refractivity contribution is -0.118. The van der Waals surface area contributed by atoms with Gasteiger partial charge in [0.2, 0.25) is 5.91 Å². The molecule has 2 atom stereocenters. The number of pyridine rings is 2. The average molecular weight is 395 g/mol. The molecule has 0 saturated heterocycles. The second-order valence-corrected chi connectivity index (χ2v) is 7.12. The summed E-state index contributed by atoms with van der Waals surface area (Å²) in [6.45, 7) is 0. The molecule has 4 heterocycles. The zero-order valence-electron chi connectivity index (χ0n) is 14.6. The second-order valence-electron chi connectivity index (χ2n) is 6.34. The maximum absolute atomic E-state index is 11.9. The highest BCUT2D eigenvalue weighted by Crippen LogP contribution is 2.48. The van der Waals surface area contributed by atoms with E-state index in [9.17, 15) is 14.7 Å². The van der Waals surface area contributed by atoms with E-state index in [2.05, 4.69) is 15.3 Å². The first-order valence-corrected chi connectivity index (χ1v) is 9.48. The molecule has 3 aromatic rings. The molecule has 8 nitrogen and oxygen atoms in total. The van der Waals surface area contributed by atoms with Crippen molar-refractivity contribution in [2.24, 2.45) is 5.73 Å². The highest BCUT2D eigenvalue weighted by Gasteiger charge is 2.40. The molecule has 0 fully saturated rings. The minimum absolute atomic E-state index is 0.00139. The first-order chi connectivity index (χ1) is 13.6. The van der Waals surface area contributed by atoms with Crippen LogP contribution < -0.4 is 16.0 Å². The normalized spacial score (nSPS) is 16.3. The topological polar surface area (TPSA) is 121 Å². The quantitative estimate of drug-likeness (QED) is 0.587. The van der Waals surface area contributed by atoms with E-state index in [-0.39, 0.29) is 18.2 Å². The first-order valence-electron chi connectivity index (χ1n) is 8.53. The van der Waals surface area contributed by atoms with Gasteiger partial charge in [-0.1, -0.05) is 6.07 Å². The predicted molar refractivity (Wildman–Crippen MR) is 105 cm³/mol. The van der Waals surface area contributed by atoms with Gasteiger partial charge in [-0.25, -0.2) is 9.78 Å². The molecule has 0 spiro atoms. The smallest absolute Gasteiger partial charge is 0.338 e. The van der Waals surface area contributed by atoms with Crippen molar-refractivity contribution < 1.29 is 14.7 Å². The summed E-state index contributed by atoms with van der Waals surface area (Å²) in [5.74, 6) is -1.11. The summed E-state index contributed by atoms with van der Waals surface area (Å²) in [6.07, 6.45) is 4.37. The van der Waals surface area contributed by atoms with Gasteiger partial charge >= 0.3 is 5.97 Å². The summed E-state index contributed by atoms with van der Waals surface area (Å²) < 4.78 is 0. The number of nitrogens with two attached hydrogens (primary N) is 1. The Bertz CT molecular complexity index is 1010. The van der Waals surface area contributed by atoms with Crippen LogP contribution in [0.25, 0.3) is 0 Å². The van der Waals surface area contributed by atoms with Gasteiger partial charge in [0.1, 0.15) is 6.17 Å². The van der Waals surface area contributed by atoms with Crippen LogP contribution in [0.2, 0.25) is 0 Å². The van der Waals surface area contributed by atoms with Gasteiger partial charge in [-0.15, -0.1) is 0 Å². The number of carbonyl (C=O) groups is 2. The largest absolute Gasteiger partial charge is 0.478 e. The van der Waals surface area contributed by atoms with E-state index >= 15 is 0 Å². The average Bonchev–Trinajstić information content (AvgIpc) is 3.34. The van der Waals surface area contributed by atoms with E-state index < -0.39 is 17.9 Å². The molecular formula is C19H17N5O3S. The Kier molecular flexibility index (Phi) is 4.66. The summed E-state index contributed by atoms with van der Waals surface area (Å²) in [4.78, 5) is 34.1. The third-order valence-electron chi connectivity index (χ3n) is 4.62. The van der Waals surface area contributed by atoms with Crippen molar-refractivity contribution in [3.05, 3.63) is 70.3 Å². The van der Waals surface area contributed by atoms with Crippen molar-refractivity contribution in [1.82, 2.24) is 9.97 Å². The summed E-state index contributed by atoms with van der Waals surface area (Å²) in [5.41, 5.74) is 7.78. The number of carboxylic acid groups (broad SMARTS) is 1. The van der Waals surface area contributed by atoms with Crippen molar-refractivity contribution in [3.8, 4) is 0 Å². The van der Waals surface area contributed by atoms with Crippen LogP contribution in [0.1, 0.15) is 40.1 Å². The molecule has 0 aromatic carbocycles. The van der Waals surface area contributed by atoms with Crippen molar-refractivity contribution in [1.29, 1.82) is 0 Å². The Morgan fingerprint density at radius 3 is 2.82 bits per heavy atom. The van der Waals surface area contributed by atoms with E-state index in [4.69, 9.17) is 5.73 Å². The van der Waals surface area contributed by atoms with E-state index in [1.54, 1.807) is 18.5 Å². The summed E-state index contributed by atoms with van der Waals surface area (Å²) in [5, 5.41) is 16.9. The Balaban J connectivity index is 1.91. The number of carboxylic acids is 1. The van der Waals surface area contributed by atoms with Gasteiger partial charge in [0.15, 0.2) is 5.82 Å². The summed E-state index contributed by atoms with van der Waals surface area (Å²) >= 11 is 1.53. The standard InChI is InChI=1S/C19H17N5O3S/c20-15(25)8-14(11-2-1-5-21-9-11)24-16-13(19(26)27)3-6-22-17(16)23-18(24)12-4-7-28-10-12/h1-7,9-10,14,18H,8H2,(H2,20,25)(H,22,23)(H,26,27). The van der Waals surface area contributed by atoms with Gasteiger partial charge in [0.05, 0.1) is 23.7 Å². The molecular weight excluding hydrogens is 378 g/mol. The molecule has 4 rings (SSSR count). The van der Waals surface area contributed by atoms with Gasteiger partial charge < -0.3 is 21.1 Å². The van der Waals surface area contributed by atoms with Crippen LogP contribution >= 0.6 is 11.3 Å². The number of fused-ring (bicyclic) bond motifs is 1. The van der Waals surface area contributed by atoms with E-state index in [1.165, 1.54) is 23.6 Å². The Morgan fingerprint density at radius 1 is 1.32 bits per heavy atom. The number of nitrogens with zero attached hydrogens (tertiary/aromatic N) is 3. The molecule has 0 radical (unpaired) electrons. The van der Waals surface area contributed by atoms with Crippen molar-refractivity contribution >= 4 is 34.7 Å². The molecule has 2 unspecified atom stereocenters. The molecule has 0 saturated carbocycles. The fourth-order valence-corrected chi connectivity index (χ4v) is 4.15. The monoisotopic (exact) mass is 395 g/mol. The maximum atomic E-state index is 11.9. The van der Waals surface area contributed by atoms with Crippen LogP contribution in [0, 0.1) is 0 Å². The summed E-state index contributed by atoms with van der Waals surface area (Å²) in [7, 11) is 0. The number of hydrogen-bond acceptors (Lipinski definition) is 7. The fourth-order valence-electron chi connectivity index (χ4n) is 3.47. The van der Waals surface area contributed by atoms with Crippen LogP contribution in [0.3, 0.4) is 0 Å². The van der Waals surface area contributed by atoms with E-state index in [0.29, 0.717) is 11.5 Å². The zero-order valence-corrected chi connectivity index (χ0v) is 15.5. The predicted octanol–water partition coefficient (Wildman–Crippen LogP) is 2.78. The second kappa shape index (κ2) is 7.28. The van der Waals surface area contributed by atoms with Crippen LogP contribution in [0.4, 0.5) is 11.5 Å². The lowest BCUT2D eigenvalue weighted by atomic mass is 10.0. The lowest BCUT2D eigenvalue weighted by Gasteiger charge is -2.34. The van der Waals surface area contributed by atoms with Gasteiger partial charge in [-0.2, -0.15) is 11.3 Å². The molecule has 1 amide bonds. The highest BCUT2D eigenvalue weighted by molar-refractivity contribution is 7.08. The zero-order chi connectivity index (χ0) is 19.7. The number of anilines is 2. The minimum atomic E-state index is -1.07. The third kappa shape index (κ3) is 3.16. The first kappa shape index (κ1) is 17.9. The molecule has 1 aliphatic heterocycles. The number of hydrogen-bond donors (Lipinski definition) is 3. The van der Waals surface area contributed by atoms with Gasteiger partial charge in [0.25, 0.3) is 0 Å². The fraction of sp³-hybridized carbons (Fsp3) is 0.158. The molecule has 142 valence electrons. The number of aromatic nitrogens is 2. The number of rotatable bonds is 6. The number of aromatic carboxylic acids is 1. The highest BCUT2D eigenvalue weighted by atomic mass is 32.1. The molecule has 1 aliphatic rings. The SMILES string of the molecule is NC(=O)CC(c1cccnc1)N1c2c(C(=O)O)ccnc2NC1c1ccsc1. The molecule has 4 N–H and O–H groups in total. The Hall–Kier alpha value is -3.46. The Labute approximate surface area is 164 Å². The maximum Gasteiger partial charge on any atom is 0.338 e. The van der Waals surface area contributed by atoms with E-state index in [1.807, 2.05) is 27.8 Å². The van der Waals surface area contributed by atoms with Crippen LogP contribution in [-0.4, -0.2) is 27.0 Å². The molecule has 28 heavy (non-hydrogen) atoms. The number of primary amides is 1. The van der Waals surface area contributed by atoms with Crippen LogP contribution in [0.15, 0.2) is 53.6 Å². The van der Waals surface area contributed by atoms with Crippen LogP contribution in [-0.2, 0) is 4.79 Å². The van der Waals surface area contributed by atoms with Crippen molar-refractivity contribution in [2.75, 3.05) is 10.2 Å². The van der Waals surface area contributed by atoms with Crippen LogP contribution in [0.5, 0.6) is 0 Å². The minimum Gasteiger partial charge on any atom is -0.478 e. The molecule has 9 heteroatoms. The van der Waals surface area contributed by atoms with Gasteiger partial charge in [-0.05, 0) is 34.5 Å². The number of thiophene rings is 1. The van der Waals surface area contributed by atoms with Gasteiger partial charge in [-0.3, -0.25) is 9.78 Å². The molecule has 0 bridgehead atoms. The summed E-state index contributed by atoms with van der Waals surface area (Å²) in [6, 6.07) is 6.52. The lowest BCUT2D eigenvalue weighted by Crippen LogP contribution is -2.35. The van der Waals surface area contributed by atoms with Gasteiger partial charge in [0, 0.05) is 24.2 Å². The van der Waals surface area contributed by atoms with E-state index in [0.717, 1.165) is 11.1 Å².